The van der Waals surface area contributed by atoms with Gasteiger partial charge in [0.1, 0.15) is 0 Å². The highest BCUT2D eigenvalue weighted by Gasteiger charge is 2.17. The SMILES string of the molecule is CCc1c(C(=O)OC)csc1-c1ccccc1. The standard InChI is InChI=1S/C14H14O2S/c1-3-11-12(14(15)16-2)9-17-13(11)10-7-5-4-6-8-10/h4-9H,3H2,1-2H3. The van der Waals surface area contributed by atoms with Gasteiger partial charge in [0, 0.05) is 10.3 Å². The minimum atomic E-state index is -0.250. The van der Waals surface area contributed by atoms with Crippen molar-refractivity contribution >= 4 is 17.3 Å². The highest BCUT2D eigenvalue weighted by Crippen LogP contribution is 2.33. The summed E-state index contributed by atoms with van der Waals surface area (Å²) in [5.41, 5.74) is 2.93. The molecule has 0 aliphatic rings. The molecule has 0 saturated carbocycles. The summed E-state index contributed by atoms with van der Waals surface area (Å²) in [4.78, 5) is 12.8. The minimum absolute atomic E-state index is 0.250. The first kappa shape index (κ1) is 11.9. The first-order valence-electron chi connectivity index (χ1n) is 5.52. The van der Waals surface area contributed by atoms with Gasteiger partial charge in [-0.3, -0.25) is 0 Å². The second-order valence-electron chi connectivity index (χ2n) is 3.67. The maximum Gasteiger partial charge on any atom is 0.339 e. The lowest BCUT2D eigenvalue weighted by Crippen LogP contribution is -2.02. The zero-order chi connectivity index (χ0) is 12.3. The summed E-state index contributed by atoms with van der Waals surface area (Å²) < 4.78 is 4.80. The second-order valence-corrected chi connectivity index (χ2v) is 4.55. The van der Waals surface area contributed by atoms with E-state index < -0.39 is 0 Å². The van der Waals surface area contributed by atoms with Crippen LogP contribution in [0, 0.1) is 0 Å². The molecule has 2 nitrogen and oxygen atoms in total. The van der Waals surface area contributed by atoms with E-state index in [4.69, 9.17) is 4.74 Å². The quantitative estimate of drug-likeness (QED) is 0.771. The summed E-state index contributed by atoms with van der Waals surface area (Å²) in [6, 6.07) is 10.1. The lowest BCUT2D eigenvalue weighted by molar-refractivity contribution is 0.0600. The summed E-state index contributed by atoms with van der Waals surface area (Å²) in [7, 11) is 1.42. The highest BCUT2D eigenvalue weighted by molar-refractivity contribution is 7.14. The van der Waals surface area contributed by atoms with Crippen LogP contribution in [0.25, 0.3) is 10.4 Å². The third kappa shape index (κ3) is 2.24. The Morgan fingerprint density at radius 2 is 2.00 bits per heavy atom. The summed E-state index contributed by atoms with van der Waals surface area (Å²) in [6.45, 7) is 2.06. The fraction of sp³-hybridized carbons (Fsp3) is 0.214. The van der Waals surface area contributed by atoms with Crippen molar-refractivity contribution in [3.63, 3.8) is 0 Å². The van der Waals surface area contributed by atoms with E-state index in [0.717, 1.165) is 22.4 Å². The molecule has 88 valence electrons. The van der Waals surface area contributed by atoms with Crippen LogP contribution in [0.15, 0.2) is 35.7 Å². The van der Waals surface area contributed by atoms with E-state index >= 15 is 0 Å². The van der Waals surface area contributed by atoms with Gasteiger partial charge in [-0.15, -0.1) is 11.3 Å². The van der Waals surface area contributed by atoms with Crippen LogP contribution in [0.2, 0.25) is 0 Å². The smallest absolute Gasteiger partial charge is 0.339 e. The summed E-state index contributed by atoms with van der Waals surface area (Å²) in [5, 5.41) is 1.88. The maximum atomic E-state index is 11.6. The fourth-order valence-electron chi connectivity index (χ4n) is 1.85. The molecule has 0 unspecified atom stereocenters. The third-order valence-electron chi connectivity index (χ3n) is 2.69. The van der Waals surface area contributed by atoms with Crippen LogP contribution in [0.3, 0.4) is 0 Å². The molecule has 1 aromatic heterocycles. The number of rotatable bonds is 3. The van der Waals surface area contributed by atoms with Gasteiger partial charge in [-0.2, -0.15) is 0 Å². The predicted molar refractivity (Wildman–Crippen MR) is 70.5 cm³/mol. The molecule has 0 spiro atoms. The molecule has 0 saturated heterocycles. The van der Waals surface area contributed by atoms with Crippen molar-refractivity contribution in [1.29, 1.82) is 0 Å². The Hall–Kier alpha value is -1.61. The molecule has 0 atom stereocenters. The van der Waals surface area contributed by atoms with Crippen molar-refractivity contribution in [3.05, 3.63) is 46.8 Å². The third-order valence-corrected chi connectivity index (χ3v) is 3.76. The molecule has 0 fully saturated rings. The number of carbonyl (C=O) groups excluding carboxylic acids is 1. The average molecular weight is 246 g/mol. The second kappa shape index (κ2) is 5.15. The van der Waals surface area contributed by atoms with E-state index in [1.807, 2.05) is 23.6 Å². The Morgan fingerprint density at radius 1 is 1.29 bits per heavy atom. The Bertz CT molecular complexity index is 514. The molecule has 2 aromatic rings. The van der Waals surface area contributed by atoms with Gasteiger partial charge in [0.2, 0.25) is 0 Å². The lowest BCUT2D eigenvalue weighted by Gasteiger charge is -2.04. The molecular formula is C14H14O2S. The van der Waals surface area contributed by atoms with E-state index in [1.54, 1.807) is 11.3 Å². The van der Waals surface area contributed by atoms with Crippen LogP contribution < -0.4 is 0 Å². The Morgan fingerprint density at radius 3 is 2.59 bits per heavy atom. The summed E-state index contributed by atoms with van der Waals surface area (Å²) in [6.07, 6.45) is 0.832. The zero-order valence-corrected chi connectivity index (χ0v) is 10.7. The average Bonchev–Trinajstić information content (AvgIpc) is 2.82. The number of ether oxygens (including phenoxy) is 1. The normalized spacial score (nSPS) is 10.2. The number of hydrogen-bond donors (Lipinski definition) is 0. The molecule has 0 aliphatic carbocycles. The number of hydrogen-bond acceptors (Lipinski definition) is 3. The zero-order valence-electron chi connectivity index (χ0n) is 9.90. The minimum Gasteiger partial charge on any atom is -0.465 e. The van der Waals surface area contributed by atoms with Gasteiger partial charge in [-0.05, 0) is 17.5 Å². The molecule has 0 bridgehead atoms. The molecule has 0 radical (unpaired) electrons. The van der Waals surface area contributed by atoms with Gasteiger partial charge < -0.3 is 4.74 Å². The number of thiophene rings is 1. The van der Waals surface area contributed by atoms with Crippen LogP contribution >= 0.6 is 11.3 Å². The van der Waals surface area contributed by atoms with Crippen molar-refractivity contribution in [1.82, 2.24) is 0 Å². The Labute approximate surface area is 105 Å². The van der Waals surface area contributed by atoms with E-state index in [-0.39, 0.29) is 5.97 Å². The first-order valence-corrected chi connectivity index (χ1v) is 6.40. The molecule has 0 N–H and O–H groups in total. The number of esters is 1. The van der Waals surface area contributed by atoms with Gasteiger partial charge in [-0.25, -0.2) is 4.79 Å². The van der Waals surface area contributed by atoms with Crippen molar-refractivity contribution in [2.45, 2.75) is 13.3 Å². The number of benzene rings is 1. The first-order chi connectivity index (χ1) is 8.27. The van der Waals surface area contributed by atoms with E-state index in [0.29, 0.717) is 5.56 Å². The molecule has 17 heavy (non-hydrogen) atoms. The number of methoxy groups -OCH3 is 1. The molecule has 1 aromatic carbocycles. The van der Waals surface area contributed by atoms with Crippen molar-refractivity contribution in [3.8, 4) is 10.4 Å². The van der Waals surface area contributed by atoms with Crippen LogP contribution in [0.5, 0.6) is 0 Å². The highest BCUT2D eigenvalue weighted by atomic mass is 32.1. The van der Waals surface area contributed by atoms with Crippen LogP contribution in [-0.2, 0) is 11.2 Å². The maximum absolute atomic E-state index is 11.6. The van der Waals surface area contributed by atoms with E-state index in [1.165, 1.54) is 7.11 Å². The van der Waals surface area contributed by atoms with Gasteiger partial charge >= 0.3 is 5.97 Å². The van der Waals surface area contributed by atoms with Gasteiger partial charge in [0.25, 0.3) is 0 Å². The van der Waals surface area contributed by atoms with Crippen molar-refractivity contribution < 1.29 is 9.53 Å². The Kier molecular flexibility index (Phi) is 3.59. The summed E-state index contributed by atoms with van der Waals surface area (Å²) >= 11 is 1.60. The molecular weight excluding hydrogens is 232 g/mol. The topological polar surface area (TPSA) is 26.3 Å². The molecule has 3 heteroatoms. The lowest BCUT2D eigenvalue weighted by atomic mass is 10.0. The fourth-order valence-corrected chi connectivity index (χ4v) is 2.99. The number of carbonyl (C=O) groups is 1. The van der Waals surface area contributed by atoms with E-state index in [9.17, 15) is 4.79 Å². The monoisotopic (exact) mass is 246 g/mol. The van der Waals surface area contributed by atoms with Gasteiger partial charge in [-0.1, -0.05) is 37.3 Å². The predicted octanol–water partition coefficient (Wildman–Crippen LogP) is 3.76. The van der Waals surface area contributed by atoms with Crippen LogP contribution in [0.4, 0.5) is 0 Å². The van der Waals surface area contributed by atoms with Gasteiger partial charge in [0.15, 0.2) is 0 Å². The van der Waals surface area contributed by atoms with E-state index in [2.05, 4.69) is 19.1 Å². The molecule has 1 heterocycles. The summed E-state index contributed by atoms with van der Waals surface area (Å²) in [5.74, 6) is -0.250. The van der Waals surface area contributed by atoms with Crippen LogP contribution in [0.1, 0.15) is 22.8 Å². The van der Waals surface area contributed by atoms with Gasteiger partial charge in [0.05, 0.1) is 12.7 Å². The van der Waals surface area contributed by atoms with Crippen molar-refractivity contribution in [2.24, 2.45) is 0 Å². The molecule has 0 aliphatic heterocycles. The van der Waals surface area contributed by atoms with Crippen LogP contribution in [-0.4, -0.2) is 13.1 Å². The largest absolute Gasteiger partial charge is 0.465 e. The van der Waals surface area contributed by atoms with Crippen molar-refractivity contribution in [2.75, 3.05) is 7.11 Å². The Balaban J connectivity index is 2.50. The molecule has 0 amide bonds. The molecule has 2 rings (SSSR count).